The molecule has 1 aromatic carbocycles. The van der Waals surface area contributed by atoms with Gasteiger partial charge in [0.2, 0.25) is 0 Å². The first-order chi connectivity index (χ1) is 18.6. The summed E-state index contributed by atoms with van der Waals surface area (Å²) in [4.78, 5) is 21.0. The summed E-state index contributed by atoms with van der Waals surface area (Å²) < 4.78 is 50.4. The van der Waals surface area contributed by atoms with Crippen molar-refractivity contribution in [1.82, 2.24) is 25.0 Å². The molecule has 1 N–H and O–H groups in total. The molecule has 2 bridgehead atoms. The van der Waals surface area contributed by atoms with Crippen LogP contribution < -0.4 is 10.1 Å². The number of thiazole rings is 1. The van der Waals surface area contributed by atoms with Crippen LogP contribution in [0, 0.1) is 0 Å². The molecule has 2 aromatic heterocycles. The normalized spacial score (nSPS) is 25.4. The minimum Gasteiger partial charge on any atom is -0.460 e. The first-order valence-corrected chi connectivity index (χ1v) is 14.2. The van der Waals surface area contributed by atoms with Gasteiger partial charge in [-0.05, 0) is 50.7 Å². The molecular weight excluding hydrogens is 531 g/mol. The molecule has 0 radical (unpaired) electrons. The Morgan fingerprint density at radius 2 is 2.00 bits per heavy atom. The van der Waals surface area contributed by atoms with Crippen molar-refractivity contribution in [1.29, 1.82) is 0 Å². The number of aromatic nitrogens is 3. The summed E-state index contributed by atoms with van der Waals surface area (Å²) in [6.07, 6.45) is 3.51. The molecule has 7 rings (SSSR count). The van der Waals surface area contributed by atoms with Gasteiger partial charge >= 0.3 is 6.18 Å². The summed E-state index contributed by atoms with van der Waals surface area (Å²) in [5.74, 6) is -0.0794. The third-order valence-corrected chi connectivity index (χ3v) is 9.45. The second-order valence-electron chi connectivity index (χ2n) is 11.1. The largest absolute Gasteiger partial charge is 0.460 e. The average molecular weight is 564 g/mol. The average Bonchev–Trinajstić information content (AvgIpc) is 3.44. The maximum Gasteiger partial charge on any atom is 0.422 e. The molecule has 0 unspecified atom stereocenters. The van der Waals surface area contributed by atoms with Crippen molar-refractivity contribution in [2.45, 2.75) is 62.3 Å². The third-order valence-electron chi connectivity index (χ3n) is 8.38. The second-order valence-corrected chi connectivity index (χ2v) is 12.1. The van der Waals surface area contributed by atoms with E-state index in [1.165, 1.54) is 11.3 Å². The molecule has 2 saturated heterocycles. The van der Waals surface area contributed by atoms with E-state index in [0.717, 1.165) is 79.6 Å². The van der Waals surface area contributed by atoms with Gasteiger partial charge in [0.1, 0.15) is 0 Å². The number of nitrogens with zero attached hydrogens (tertiary/aromatic N) is 4. The van der Waals surface area contributed by atoms with Gasteiger partial charge in [-0.2, -0.15) is 18.3 Å². The summed E-state index contributed by atoms with van der Waals surface area (Å²) in [7, 11) is 1.85. The molecule has 39 heavy (non-hydrogen) atoms. The van der Waals surface area contributed by atoms with Crippen LogP contribution in [0.1, 0.15) is 53.0 Å². The van der Waals surface area contributed by atoms with E-state index in [2.05, 4.69) is 20.3 Å². The number of nitrogens with one attached hydrogen (secondary N) is 1. The lowest BCUT2D eigenvalue weighted by molar-refractivity contribution is -0.164. The number of amides is 1. The van der Waals surface area contributed by atoms with E-state index in [4.69, 9.17) is 9.47 Å². The summed E-state index contributed by atoms with van der Waals surface area (Å²) in [5.41, 5.74) is 1.80. The van der Waals surface area contributed by atoms with E-state index in [0.29, 0.717) is 18.6 Å². The van der Waals surface area contributed by atoms with E-state index < -0.39 is 12.8 Å². The van der Waals surface area contributed by atoms with Crippen molar-refractivity contribution < 1.29 is 27.4 Å². The molecule has 1 aliphatic carbocycles. The predicted molar refractivity (Wildman–Crippen MR) is 140 cm³/mol. The number of carbonyl (C=O) groups is 1. The summed E-state index contributed by atoms with van der Waals surface area (Å²) in [6.45, 7) is 1.76. The quantitative estimate of drug-likeness (QED) is 0.463. The Kier molecular flexibility index (Phi) is 6.83. The number of rotatable bonds is 7. The molecule has 1 amide bonds. The highest BCUT2D eigenvalue weighted by molar-refractivity contribution is 7.13. The molecule has 3 aromatic rings. The molecule has 210 valence electrons. The lowest BCUT2D eigenvalue weighted by Gasteiger charge is -2.53. The number of benzene rings is 1. The summed E-state index contributed by atoms with van der Waals surface area (Å²) >= 11 is 1.23. The van der Waals surface area contributed by atoms with Gasteiger partial charge in [-0.1, -0.05) is 17.4 Å². The second kappa shape index (κ2) is 10.0. The summed E-state index contributed by atoms with van der Waals surface area (Å²) in [6, 6.07) is 5.62. The Morgan fingerprint density at radius 3 is 2.74 bits per heavy atom. The maximum atomic E-state index is 13.3. The minimum atomic E-state index is -4.36. The molecule has 0 spiro atoms. The van der Waals surface area contributed by atoms with Crippen molar-refractivity contribution in [2.24, 2.45) is 7.05 Å². The van der Waals surface area contributed by atoms with Crippen LogP contribution in [-0.4, -0.2) is 75.7 Å². The first kappa shape index (κ1) is 26.5. The lowest BCUT2D eigenvalue weighted by atomic mass is 9.69. The number of alkyl halides is 3. The Balaban J connectivity index is 1.00. The third kappa shape index (κ3) is 5.64. The zero-order valence-corrected chi connectivity index (χ0v) is 22.7. The fraction of sp³-hybridized carbons (Fsp3) is 0.593. The number of hydrogen-bond donors (Lipinski definition) is 1. The van der Waals surface area contributed by atoms with Gasteiger partial charge in [-0.3, -0.25) is 9.48 Å². The van der Waals surface area contributed by atoms with Crippen LogP contribution in [0.15, 0.2) is 24.4 Å². The van der Waals surface area contributed by atoms with Crippen molar-refractivity contribution >= 4 is 28.1 Å². The van der Waals surface area contributed by atoms with Crippen LogP contribution in [0.4, 0.5) is 13.2 Å². The monoisotopic (exact) mass is 563 g/mol. The molecule has 3 fully saturated rings. The van der Waals surface area contributed by atoms with Gasteiger partial charge in [-0.25, -0.2) is 4.98 Å². The number of halogens is 3. The van der Waals surface area contributed by atoms with Gasteiger partial charge in [0.15, 0.2) is 6.61 Å². The highest BCUT2D eigenvalue weighted by Gasteiger charge is 2.50. The number of carbonyl (C=O) groups excluding carboxylic acids is 1. The zero-order chi connectivity index (χ0) is 27.3. The van der Waals surface area contributed by atoms with Crippen molar-refractivity contribution in [2.75, 3.05) is 32.8 Å². The maximum absolute atomic E-state index is 13.3. The van der Waals surface area contributed by atoms with Gasteiger partial charge in [0, 0.05) is 49.6 Å². The van der Waals surface area contributed by atoms with E-state index >= 15 is 0 Å². The molecule has 0 atom stereocenters. The van der Waals surface area contributed by atoms with Crippen LogP contribution in [0.5, 0.6) is 5.19 Å². The molecule has 8 nitrogen and oxygen atoms in total. The molecule has 4 aliphatic rings. The van der Waals surface area contributed by atoms with Gasteiger partial charge < -0.3 is 19.7 Å². The number of hydrogen-bond acceptors (Lipinski definition) is 7. The Hall–Kier alpha value is -2.70. The lowest BCUT2D eigenvalue weighted by Crippen LogP contribution is -2.63. The molecule has 1 saturated carbocycles. The fourth-order valence-electron chi connectivity index (χ4n) is 6.09. The van der Waals surface area contributed by atoms with Crippen LogP contribution >= 0.6 is 11.3 Å². The smallest absolute Gasteiger partial charge is 0.422 e. The van der Waals surface area contributed by atoms with E-state index in [-0.39, 0.29) is 22.2 Å². The van der Waals surface area contributed by atoms with Gasteiger partial charge in [0.25, 0.3) is 11.1 Å². The van der Waals surface area contributed by atoms with Crippen molar-refractivity contribution in [3.05, 3.63) is 40.5 Å². The van der Waals surface area contributed by atoms with E-state index in [9.17, 15) is 18.0 Å². The van der Waals surface area contributed by atoms with E-state index in [1.54, 1.807) is 4.68 Å². The molecule has 12 heteroatoms. The number of fused-ring (bicyclic) bond motifs is 5. The van der Waals surface area contributed by atoms with Crippen LogP contribution in [-0.2, 0) is 24.6 Å². The van der Waals surface area contributed by atoms with Crippen molar-refractivity contribution in [3.8, 4) is 5.19 Å². The topological polar surface area (TPSA) is 81.5 Å². The molecule has 5 heterocycles. The standard InChI is InChI=1S/C27H32F3N5O3S/c1-34-15-19-18(3-2-4-20(19)33-34)23(36)32-25-7-9-26(10-8-25,38-16-25)11-14-35-12-5-21-22(6-13-35)39-24(31-21)37-17-27(28,29)30/h2-4,15H,5-14,16-17H2,1H3,(H,32,36). The molecular formula is C27H32F3N5O3S. The first-order valence-electron chi connectivity index (χ1n) is 13.4. The highest BCUT2D eigenvalue weighted by Crippen LogP contribution is 2.45. The Morgan fingerprint density at radius 1 is 1.21 bits per heavy atom. The molecule has 3 aliphatic heterocycles. The highest BCUT2D eigenvalue weighted by atomic mass is 32.1. The van der Waals surface area contributed by atoms with Gasteiger partial charge in [0.05, 0.1) is 34.5 Å². The number of aryl methyl sites for hydroxylation is 1. The van der Waals surface area contributed by atoms with Crippen LogP contribution in [0.25, 0.3) is 10.9 Å². The van der Waals surface area contributed by atoms with Crippen LogP contribution in [0.2, 0.25) is 0 Å². The van der Waals surface area contributed by atoms with Crippen LogP contribution in [0.3, 0.4) is 0 Å². The fourth-order valence-corrected chi connectivity index (χ4v) is 7.03. The Bertz CT molecular complexity index is 1320. The number of ether oxygens (including phenoxy) is 2. The van der Waals surface area contributed by atoms with Crippen molar-refractivity contribution in [3.63, 3.8) is 0 Å². The predicted octanol–water partition coefficient (Wildman–Crippen LogP) is 4.27. The van der Waals surface area contributed by atoms with Gasteiger partial charge in [-0.15, -0.1) is 0 Å². The summed E-state index contributed by atoms with van der Waals surface area (Å²) in [5, 5.41) is 8.68. The van der Waals surface area contributed by atoms with E-state index in [1.807, 2.05) is 31.4 Å². The minimum absolute atomic E-state index is 0.0794. The zero-order valence-electron chi connectivity index (χ0n) is 21.9. The SMILES string of the molecule is Cn1cc2c(C(=O)NC34CCC(CCN5CCc6nc(OCC(F)(F)F)sc6CC5)(CC3)OC4)cccc2n1. The Labute approximate surface area is 228 Å².